The minimum atomic E-state index is -0.219. The number of hydrogen-bond donors (Lipinski definition) is 4. The van der Waals surface area contributed by atoms with Crippen LogP contribution in [0.3, 0.4) is 0 Å². The molecule has 1 aliphatic heterocycles. The van der Waals surface area contributed by atoms with Gasteiger partial charge in [0.25, 0.3) is 0 Å². The van der Waals surface area contributed by atoms with Crippen LogP contribution in [0.4, 0.5) is 10.1 Å². The summed E-state index contributed by atoms with van der Waals surface area (Å²) in [5.74, 6) is -0.00478. The first kappa shape index (κ1) is 33.2. The number of halogens is 3. The Balaban J connectivity index is 0.00000267. The topological polar surface area (TPSA) is 93.7 Å². The lowest BCUT2D eigenvalue weighted by Gasteiger charge is -2.34. The number of fused-ring (bicyclic) bond motifs is 1. The van der Waals surface area contributed by atoms with E-state index in [9.17, 15) is 19.1 Å². The number of amides is 2. The number of aromatic hydroxyl groups is 1. The number of hydrogen-bond acceptors (Lipinski definition) is 5. The van der Waals surface area contributed by atoms with Crippen LogP contribution in [-0.4, -0.2) is 60.6 Å². The number of phenols is 1. The molecule has 1 heterocycles. The molecule has 0 spiro atoms. The molecule has 1 saturated carbocycles. The van der Waals surface area contributed by atoms with Crippen molar-refractivity contribution in [3.8, 4) is 5.75 Å². The van der Waals surface area contributed by atoms with Crippen molar-refractivity contribution in [2.24, 2.45) is 0 Å². The van der Waals surface area contributed by atoms with Crippen LogP contribution in [0.25, 0.3) is 0 Å². The van der Waals surface area contributed by atoms with Crippen molar-refractivity contribution in [3.63, 3.8) is 0 Å². The van der Waals surface area contributed by atoms with Gasteiger partial charge in [-0.15, -0.1) is 34.0 Å². The highest BCUT2D eigenvalue weighted by Gasteiger charge is 2.25. The Morgan fingerprint density at radius 3 is 2.51 bits per heavy atom. The van der Waals surface area contributed by atoms with E-state index in [0.717, 1.165) is 48.9 Å². The van der Waals surface area contributed by atoms with E-state index in [1.807, 2.05) is 12.1 Å². The van der Waals surface area contributed by atoms with Gasteiger partial charge in [0, 0.05) is 32.1 Å². The smallest absolute Gasteiger partial charge is 0.228 e. The Kier molecular flexibility index (Phi) is 14.4. The third kappa shape index (κ3) is 9.84. The fourth-order valence-electron chi connectivity index (χ4n) is 5.44. The maximum atomic E-state index is 13.3. The summed E-state index contributed by atoms with van der Waals surface area (Å²) in [6, 6.07) is 10.5. The van der Waals surface area contributed by atoms with Gasteiger partial charge < -0.3 is 26.0 Å². The summed E-state index contributed by atoms with van der Waals surface area (Å²) < 4.78 is 13.3. The van der Waals surface area contributed by atoms with Crippen LogP contribution in [-0.2, 0) is 28.9 Å². The molecule has 2 aliphatic rings. The lowest BCUT2D eigenvalue weighted by atomic mass is 9.94. The lowest BCUT2D eigenvalue weighted by molar-refractivity contribution is -0.134. The third-order valence-electron chi connectivity index (χ3n) is 7.42. The van der Waals surface area contributed by atoms with Gasteiger partial charge in [0.1, 0.15) is 11.6 Å². The number of phenolic OH excluding ortho intramolecular Hbond substituents is 1. The summed E-state index contributed by atoms with van der Waals surface area (Å²) in [6.07, 6.45) is 7.98. The molecule has 216 valence electrons. The van der Waals surface area contributed by atoms with E-state index in [0.29, 0.717) is 50.7 Å². The molecule has 0 atom stereocenters. The second-order valence-electron chi connectivity index (χ2n) is 10.1. The van der Waals surface area contributed by atoms with Crippen LogP contribution in [0.15, 0.2) is 36.4 Å². The summed E-state index contributed by atoms with van der Waals surface area (Å²) in [5.41, 5.74) is 3.44. The zero-order valence-corrected chi connectivity index (χ0v) is 25.8. The Morgan fingerprint density at radius 1 is 1.00 bits per heavy atom. The zero-order chi connectivity index (χ0) is 26.0. The minimum Gasteiger partial charge on any atom is -0.506 e. The van der Waals surface area contributed by atoms with E-state index in [1.165, 1.54) is 25.3 Å². The van der Waals surface area contributed by atoms with Crippen molar-refractivity contribution in [2.45, 2.75) is 63.8 Å². The molecule has 10 heteroatoms. The van der Waals surface area contributed by atoms with Gasteiger partial charge in [0.05, 0.1) is 12.1 Å². The molecule has 0 unspecified atom stereocenters. The summed E-state index contributed by atoms with van der Waals surface area (Å²) >= 11 is 0. The monoisotopic (exact) mass is 670 g/mol. The van der Waals surface area contributed by atoms with Crippen molar-refractivity contribution in [2.75, 3.05) is 38.0 Å². The average molecular weight is 672 g/mol. The van der Waals surface area contributed by atoms with E-state index in [4.69, 9.17) is 0 Å². The summed E-state index contributed by atoms with van der Waals surface area (Å²) in [4.78, 5) is 27.0. The van der Waals surface area contributed by atoms with E-state index in [2.05, 4.69) is 20.9 Å². The maximum Gasteiger partial charge on any atom is 0.228 e. The number of carbonyl (C=O) groups excluding carboxylic acids is 2. The number of nitrogens with one attached hydrogen (secondary N) is 3. The molecule has 39 heavy (non-hydrogen) atoms. The number of nitrogens with zero attached hydrogens (tertiary/aromatic N) is 1. The highest BCUT2D eigenvalue weighted by atomic mass is 79.9. The number of benzene rings is 2. The van der Waals surface area contributed by atoms with Crippen molar-refractivity contribution >= 4 is 51.5 Å². The number of carbonyl (C=O) groups is 2. The molecule has 0 aromatic heterocycles. The SMILES string of the molecule is Br.Br.O=C1Cc2c(CCNCCN(C(=O)CCNCCc3cccc(F)c3)C3CCCCC3)ccc(O)c2N1. The van der Waals surface area contributed by atoms with E-state index in [1.54, 1.807) is 18.2 Å². The highest BCUT2D eigenvalue weighted by molar-refractivity contribution is 8.93. The summed E-state index contributed by atoms with van der Waals surface area (Å²) in [5, 5.41) is 19.5. The van der Waals surface area contributed by atoms with Gasteiger partial charge in [-0.05, 0) is 73.7 Å². The van der Waals surface area contributed by atoms with E-state index in [-0.39, 0.29) is 57.3 Å². The standard InChI is InChI=1S/C29H39FN4O3.2BrH/c30-23-6-4-5-21(19-23)11-14-31-16-13-28(37)34(24-7-2-1-3-8-24)18-17-32-15-12-22-9-10-26(35)29-25(22)20-27(36)33-29;;/h4-6,9-10,19,24,31-32,35H,1-3,7-8,11-18,20H2,(H,33,36);2*1H. The molecule has 1 aliphatic carbocycles. The number of anilines is 1. The summed E-state index contributed by atoms with van der Waals surface area (Å²) in [6.45, 7) is 3.46. The molecule has 2 aromatic rings. The van der Waals surface area contributed by atoms with Crippen molar-refractivity contribution in [1.29, 1.82) is 0 Å². The lowest BCUT2D eigenvalue weighted by Crippen LogP contribution is -2.45. The Labute approximate surface area is 251 Å². The van der Waals surface area contributed by atoms with Crippen LogP contribution in [0, 0.1) is 5.82 Å². The fourth-order valence-corrected chi connectivity index (χ4v) is 5.44. The summed E-state index contributed by atoms with van der Waals surface area (Å²) in [7, 11) is 0. The van der Waals surface area contributed by atoms with E-state index < -0.39 is 0 Å². The molecule has 7 nitrogen and oxygen atoms in total. The van der Waals surface area contributed by atoms with Crippen molar-refractivity contribution in [1.82, 2.24) is 15.5 Å². The molecule has 2 amide bonds. The van der Waals surface area contributed by atoms with E-state index >= 15 is 0 Å². The zero-order valence-electron chi connectivity index (χ0n) is 22.3. The normalized spacial score (nSPS) is 14.6. The molecular weight excluding hydrogens is 631 g/mol. The second-order valence-corrected chi connectivity index (χ2v) is 10.1. The van der Waals surface area contributed by atoms with Crippen LogP contribution in [0.5, 0.6) is 5.75 Å². The number of rotatable bonds is 13. The van der Waals surface area contributed by atoms with Gasteiger partial charge in [-0.3, -0.25) is 9.59 Å². The molecule has 0 radical (unpaired) electrons. The van der Waals surface area contributed by atoms with Gasteiger partial charge in [-0.2, -0.15) is 0 Å². The Bertz CT molecular complexity index is 1080. The first-order chi connectivity index (χ1) is 18.0. The van der Waals surface area contributed by atoms with Crippen LogP contribution < -0.4 is 16.0 Å². The fraction of sp³-hybridized carbons (Fsp3) is 0.517. The largest absolute Gasteiger partial charge is 0.506 e. The van der Waals surface area contributed by atoms with Gasteiger partial charge in [-0.1, -0.05) is 37.5 Å². The molecule has 0 saturated heterocycles. The Morgan fingerprint density at radius 2 is 1.74 bits per heavy atom. The van der Waals surface area contributed by atoms with Gasteiger partial charge >= 0.3 is 0 Å². The first-order valence-corrected chi connectivity index (χ1v) is 13.6. The molecule has 1 fully saturated rings. The highest BCUT2D eigenvalue weighted by Crippen LogP contribution is 2.34. The second kappa shape index (κ2) is 16.9. The first-order valence-electron chi connectivity index (χ1n) is 13.6. The van der Waals surface area contributed by atoms with Gasteiger partial charge in [0.2, 0.25) is 11.8 Å². The molecule has 4 N–H and O–H groups in total. The van der Waals surface area contributed by atoms with Crippen molar-refractivity contribution in [3.05, 3.63) is 58.9 Å². The minimum absolute atomic E-state index is 0. The Hall–Kier alpha value is -2.01. The van der Waals surface area contributed by atoms with Crippen LogP contribution >= 0.6 is 34.0 Å². The van der Waals surface area contributed by atoms with Crippen LogP contribution in [0.1, 0.15) is 55.2 Å². The van der Waals surface area contributed by atoms with Gasteiger partial charge in [0.15, 0.2) is 0 Å². The predicted octanol–water partition coefficient (Wildman–Crippen LogP) is 4.70. The van der Waals surface area contributed by atoms with Crippen LogP contribution in [0.2, 0.25) is 0 Å². The quantitative estimate of drug-likeness (QED) is 0.183. The maximum absolute atomic E-state index is 13.3. The predicted molar refractivity (Wildman–Crippen MR) is 164 cm³/mol. The molecular formula is C29H41Br2FN4O3. The third-order valence-corrected chi connectivity index (χ3v) is 7.42. The average Bonchev–Trinajstić information content (AvgIpc) is 3.30. The molecule has 2 aromatic carbocycles. The van der Waals surface area contributed by atoms with Crippen molar-refractivity contribution < 1.29 is 19.1 Å². The molecule has 4 rings (SSSR count). The van der Waals surface area contributed by atoms with Gasteiger partial charge in [-0.25, -0.2) is 4.39 Å². The molecule has 0 bridgehead atoms.